The highest BCUT2D eigenvalue weighted by Gasteiger charge is 2.31. The van der Waals surface area contributed by atoms with Crippen molar-refractivity contribution < 1.29 is 5.11 Å². The van der Waals surface area contributed by atoms with Gasteiger partial charge in [0.05, 0.1) is 11.6 Å². The van der Waals surface area contributed by atoms with Crippen molar-refractivity contribution in [3.8, 4) is 11.8 Å². The Morgan fingerprint density at radius 1 is 1.47 bits per heavy atom. The number of aromatic hydroxyl groups is 1. The maximum absolute atomic E-state index is 9.59. The third kappa shape index (κ3) is 2.41. The van der Waals surface area contributed by atoms with Crippen LogP contribution >= 0.6 is 12.4 Å². The molecule has 1 aromatic rings. The Morgan fingerprint density at radius 3 is 2.67 bits per heavy atom. The molecule has 1 atom stereocenters. The second-order valence-electron chi connectivity index (χ2n) is 3.75. The largest absolute Gasteiger partial charge is 0.508 e. The van der Waals surface area contributed by atoms with Crippen LogP contribution in [0.4, 0.5) is 0 Å². The predicted octanol–water partition coefficient (Wildman–Crippen LogP) is 2.10. The number of nitrogens with zero attached hydrogens (tertiary/aromatic N) is 1. The standard InChI is InChI=1S/C11H12N2O.ClH/c12-6-7-1-4-10(14)9(5-7)11(13)8-2-3-8;/h1,4-5,8,11,14H,2-3,13H2;1H/t11-;/m0./s1. The summed E-state index contributed by atoms with van der Waals surface area (Å²) in [5.74, 6) is 0.679. The molecule has 0 aromatic heterocycles. The molecule has 0 saturated heterocycles. The average molecular weight is 225 g/mol. The van der Waals surface area contributed by atoms with Gasteiger partial charge in [0.1, 0.15) is 5.75 Å². The van der Waals surface area contributed by atoms with Crippen LogP contribution in [0.2, 0.25) is 0 Å². The smallest absolute Gasteiger partial charge is 0.120 e. The molecule has 0 radical (unpaired) electrons. The highest BCUT2D eigenvalue weighted by Crippen LogP contribution is 2.41. The number of nitriles is 1. The molecule has 3 N–H and O–H groups in total. The molecule has 0 bridgehead atoms. The molecular weight excluding hydrogens is 212 g/mol. The Labute approximate surface area is 94.9 Å². The van der Waals surface area contributed by atoms with Gasteiger partial charge in [0.25, 0.3) is 0 Å². The van der Waals surface area contributed by atoms with Crippen LogP contribution in [0.3, 0.4) is 0 Å². The molecule has 0 spiro atoms. The molecule has 1 aliphatic carbocycles. The van der Waals surface area contributed by atoms with E-state index in [2.05, 4.69) is 0 Å². The van der Waals surface area contributed by atoms with E-state index in [0.717, 1.165) is 12.8 Å². The predicted molar refractivity (Wildman–Crippen MR) is 59.7 cm³/mol. The van der Waals surface area contributed by atoms with Crippen molar-refractivity contribution in [2.45, 2.75) is 18.9 Å². The summed E-state index contributed by atoms with van der Waals surface area (Å²) in [5.41, 5.74) is 7.21. The van der Waals surface area contributed by atoms with Gasteiger partial charge in [-0.3, -0.25) is 0 Å². The van der Waals surface area contributed by atoms with Gasteiger partial charge in [-0.1, -0.05) is 0 Å². The molecule has 0 heterocycles. The summed E-state index contributed by atoms with van der Waals surface area (Å²) in [7, 11) is 0. The summed E-state index contributed by atoms with van der Waals surface area (Å²) in [6, 6.07) is 6.73. The van der Waals surface area contributed by atoms with Crippen LogP contribution in [0.15, 0.2) is 18.2 Å². The van der Waals surface area contributed by atoms with E-state index in [-0.39, 0.29) is 24.2 Å². The third-order valence-electron chi connectivity index (χ3n) is 2.65. The van der Waals surface area contributed by atoms with E-state index in [9.17, 15) is 5.11 Å². The minimum atomic E-state index is -0.122. The van der Waals surface area contributed by atoms with Crippen molar-refractivity contribution in [2.75, 3.05) is 0 Å². The van der Waals surface area contributed by atoms with Crippen LogP contribution in [-0.4, -0.2) is 5.11 Å². The summed E-state index contributed by atoms with van der Waals surface area (Å²) in [6.07, 6.45) is 2.24. The number of benzene rings is 1. The summed E-state index contributed by atoms with van der Waals surface area (Å²) >= 11 is 0. The fourth-order valence-corrected chi connectivity index (χ4v) is 1.60. The van der Waals surface area contributed by atoms with Crippen LogP contribution in [0, 0.1) is 17.2 Å². The lowest BCUT2D eigenvalue weighted by Crippen LogP contribution is -2.12. The molecular formula is C11H13ClN2O. The first-order chi connectivity index (χ1) is 6.72. The van der Waals surface area contributed by atoms with Gasteiger partial charge in [-0.15, -0.1) is 12.4 Å². The number of phenolic OH excluding ortho intramolecular Hbond substituents is 1. The lowest BCUT2D eigenvalue weighted by molar-refractivity contribution is 0.456. The molecule has 1 fully saturated rings. The van der Waals surface area contributed by atoms with Crippen LogP contribution in [0.25, 0.3) is 0 Å². The van der Waals surface area contributed by atoms with Crippen molar-refractivity contribution in [1.82, 2.24) is 0 Å². The van der Waals surface area contributed by atoms with E-state index in [4.69, 9.17) is 11.0 Å². The van der Waals surface area contributed by atoms with Crippen LogP contribution in [0.5, 0.6) is 5.75 Å². The van der Waals surface area contributed by atoms with Gasteiger partial charge in [0.15, 0.2) is 0 Å². The summed E-state index contributed by atoms with van der Waals surface area (Å²) < 4.78 is 0. The van der Waals surface area contributed by atoms with E-state index >= 15 is 0 Å². The molecule has 2 rings (SSSR count). The quantitative estimate of drug-likeness (QED) is 0.808. The van der Waals surface area contributed by atoms with Gasteiger partial charge in [0.2, 0.25) is 0 Å². The first-order valence-corrected chi connectivity index (χ1v) is 4.71. The third-order valence-corrected chi connectivity index (χ3v) is 2.65. The molecule has 0 unspecified atom stereocenters. The number of phenols is 1. The summed E-state index contributed by atoms with van der Waals surface area (Å²) in [6.45, 7) is 0. The van der Waals surface area contributed by atoms with Crippen molar-refractivity contribution in [2.24, 2.45) is 11.7 Å². The fraction of sp³-hybridized carbons (Fsp3) is 0.364. The lowest BCUT2D eigenvalue weighted by atomic mass is 10.0. The van der Waals surface area contributed by atoms with E-state index in [0.29, 0.717) is 17.0 Å². The van der Waals surface area contributed by atoms with Crippen LogP contribution < -0.4 is 5.73 Å². The van der Waals surface area contributed by atoms with Gasteiger partial charge in [-0.25, -0.2) is 0 Å². The zero-order valence-corrected chi connectivity index (χ0v) is 9.00. The Morgan fingerprint density at radius 2 is 2.13 bits per heavy atom. The second kappa shape index (κ2) is 4.52. The van der Waals surface area contributed by atoms with Gasteiger partial charge >= 0.3 is 0 Å². The molecule has 1 aliphatic rings. The zero-order valence-electron chi connectivity index (χ0n) is 8.18. The van der Waals surface area contributed by atoms with E-state index in [1.165, 1.54) is 6.07 Å². The molecule has 3 nitrogen and oxygen atoms in total. The Hall–Kier alpha value is -1.24. The molecule has 15 heavy (non-hydrogen) atoms. The SMILES string of the molecule is Cl.N#Cc1ccc(O)c([C@@H](N)C2CC2)c1. The van der Waals surface area contributed by atoms with Crippen molar-refractivity contribution in [3.63, 3.8) is 0 Å². The normalized spacial score (nSPS) is 16.3. The van der Waals surface area contributed by atoms with Crippen molar-refractivity contribution in [1.29, 1.82) is 5.26 Å². The van der Waals surface area contributed by atoms with Crippen molar-refractivity contribution >= 4 is 12.4 Å². The number of hydrogen-bond acceptors (Lipinski definition) is 3. The topological polar surface area (TPSA) is 70.0 Å². The molecule has 4 heteroatoms. The van der Waals surface area contributed by atoms with Crippen molar-refractivity contribution in [3.05, 3.63) is 29.3 Å². The number of halogens is 1. The molecule has 1 aromatic carbocycles. The highest BCUT2D eigenvalue weighted by atomic mass is 35.5. The molecule has 0 amide bonds. The summed E-state index contributed by atoms with van der Waals surface area (Å²) in [4.78, 5) is 0. The minimum Gasteiger partial charge on any atom is -0.508 e. The first-order valence-electron chi connectivity index (χ1n) is 4.71. The number of rotatable bonds is 2. The Bertz CT molecular complexity index is 396. The number of nitrogens with two attached hydrogens (primary N) is 1. The Balaban J connectivity index is 0.00000112. The van der Waals surface area contributed by atoms with Gasteiger partial charge in [-0.05, 0) is 37.0 Å². The maximum atomic E-state index is 9.59. The highest BCUT2D eigenvalue weighted by molar-refractivity contribution is 5.85. The van der Waals surface area contributed by atoms with Gasteiger partial charge in [0, 0.05) is 11.6 Å². The monoisotopic (exact) mass is 224 g/mol. The maximum Gasteiger partial charge on any atom is 0.120 e. The van der Waals surface area contributed by atoms with Gasteiger partial charge < -0.3 is 10.8 Å². The van der Waals surface area contributed by atoms with Gasteiger partial charge in [-0.2, -0.15) is 5.26 Å². The Kier molecular flexibility index (Phi) is 3.57. The molecule has 0 aliphatic heterocycles. The second-order valence-corrected chi connectivity index (χ2v) is 3.75. The average Bonchev–Trinajstić information content (AvgIpc) is 3.01. The first kappa shape index (κ1) is 11.8. The van der Waals surface area contributed by atoms with E-state index < -0.39 is 0 Å². The fourth-order valence-electron chi connectivity index (χ4n) is 1.60. The lowest BCUT2D eigenvalue weighted by Gasteiger charge is -2.12. The van der Waals surface area contributed by atoms with Crippen LogP contribution in [-0.2, 0) is 0 Å². The minimum absolute atomic E-state index is 0. The molecule has 80 valence electrons. The zero-order chi connectivity index (χ0) is 10.1. The number of hydrogen-bond donors (Lipinski definition) is 2. The van der Waals surface area contributed by atoms with E-state index in [1.807, 2.05) is 6.07 Å². The summed E-state index contributed by atoms with van der Waals surface area (Å²) in [5, 5.41) is 18.3. The van der Waals surface area contributed by atoms with Crippen LogP contribution in [0.1, 0.15) is 30.0 Å². The molecule has 1 saturated carbocycles. The van der Waals surface area contributed by atoms with E-state index in [1.54, 1.807) is 12.1 Å².